The fourth-order valence-corrected chi connectivity index (χ4v) is 1.52. The molecule has 18 heavy (non-hydrogen) atoms. The second kappa shape index (κ2) is 5.55. The molecule has 1 N–H and O–H groups in total. The molecule has 0 amide bonds. The molecule has 0 saturated carbocycles. The van der Waals surface area contributed by atoms with Crippen molar-refractivity contribution in [2.75, 3.05) is 0 Å². The SMILES string of the molecule is O=C(O)/C=C/c1ccc(Oc2ccc(Br)cc2)o1. The Morgan fingerprint density at radius 3 is 2.61 bits per heavy atom. The van der Waals surface area contributed by atoms with Crippen LogP contribution in [0.5, 0.6) is 11.7 Å². The monoisotopic (exact) mass is 308 g/mol. The lowest BCUT2D eigenvalue weighted by Gasteiger charge is -2.01. The predicted octanol–water partition coefficient (Wildman–Crippen LogP) is 3.93. The lowest BCUT2D eigenvalue weighted by Crippen LogP contribution is -1.84. The number of carboxylic acids is 1. The number of aliphatic carboxylic acids is 1. The first kappa shape index (κ1) is 12.4. The fraction of sp³-hybridized carbons (Fsp3) is 0. The van der Waals surface area contributed by atoms with E-state index in [4.69, 9.17) is 14.3 Å². The summed E-state index contributed by atoms with van der Waals surface area (Å²) in [5.41, 5.74) is 0. The van der Waals surface area contributed by atoms with Gasteiger partial charge in [-0.25, -0.2) is 4.79 Å². The molecular formula is C13H9BrO4. The topological polar surface area (TPSA) is 59.7 Å². The van der Waals surface area contributed by atoms with Crippen LogP contribution in [0.3, 0.4) is 0 Å². The van der Waals surface area contributed by atoms with Crippen molar-refractivity contribution in [2.45, 2.75) is 0 Å². The van der Waals surface area contributed by atoms with Crippen molar-refractivity contribution in [3.05, 3.63) is 52.7 Å². The van der Waals surface area contributed by atoms with Crippen molar-refractivity contribution in [3.8, 4) is 11.7 Å². The van der Waals surface area contributed by atoms with E-state index in [1.54, 1.807) is 24.3 Å². The number of ether oxygens (including phenoxy) is 1. The van der Waals surface area contributed by atoms with Crippen molar-refractivity contribution in [1.82, 2.24) is 0 Å². The summed E-state index contributed by atoms with van der Waals surface area (Å²) in [7, 11) is 0. The molecular weight excluding hydrogens is 300 g/mol. The van der Waals surface area contributed by atoms with Crippen LogP contribution in [-0.4, -0.2) is 11.1 Å². The summed E-state index contributed by atoms with van der Waals surface area (Å²) in [6.45, 7) is 0. The van der Waals surface area contributed by atoms with Crippen LogP contribution in [0.15, 0.2) is 51.4 Å². The molecule has 0 saturated heterocycles. The number of furan rings is 1. The third kappa shape index (κ3) is 3.49. The maximum Gasteiger partial charge on any atom is 0.328 e. The van der Waals surface area contributed by atoms with Crippen LogP contribution in [-0.2, 0) is 4.79 Å². The summed E-state index contributed by atoms with van der Waals surface area (Å²) in [6, 6.07) is 10.5. The first-order valence-electron chi connectivity index (χ1n) is 5.08. The minimum absolute atomic E-state index is 0.308. The van der Waals surface area contributed by atoms with Crippen molar-refractivity contribution in [3.63, 3.8) is 0 Å². The Morgan fingerprint density at radius 1 is 1.22 bits per heavy atom. The highest BCUT2D eigenvalue weighted by molar-refractivity contribution is 9.10. The van der Waals surface area contributed by atoms with E-state index in [-0.39, 0.29) is 0 Å². The van der Waals surface area contributed by atoms with Gasteiger partial charge in [-0.3, -0.25) is 0 Å². The molecule has 0 aliphatic heterocycles. The largest absolute Gasteiger partial charge is 0.478 e. The molecule has 0 radical (unpaired) electrons. The molecule has 4 nitrogen and oxygen atoms in total. The quantitative estimate of drug-likeness (QED) is 0.869. The van der Waals surface area contributed by atoms with E-state index in [1.807, 2.05) is 12.1 Å². The lowest BCUT2D eigenvalue weighted by atomic mass is 10.3. The highest BCUT2D eigenvalue weighted by Crippen LogP contribution is 2.25. The fourth-order valence-electron chi connectivity index (χ4n) is 1.25. The van der Waals surface area contributed by atoms with E-state index < -0.39 is 5.97 Å². The summed E-state index contributed by atoms with van der Waals surface area (Å²) < 4.78 is 11.7. The average molecular weight is 309 g/mol. The van der Waals surface area contributed by atoms with Crippen LogP contribution >= 0.6 is 15.9 Å². The summed E-state index contributed by atoms with van der Waals surface area (Å²) >= 11 is 3.33. The van der Waals surface area contributed by atoms with Gasteiger partial charge in [0.2, 0.25) is 0 Å². The van der Waals surface area contributed by atoms with Gasteiger partial charge in [-0.05, 0) is 36.4 Å². The van der Waals surface area contributed by atoms with Crippen LogP contribution < -0.4 is 4.74 Å². The average Bonchev–Trinajstić information content (AvgIpc) is 2.77. The Morgan fingerprint density at radius 2 is 1.94 bits per heavy atom. The maximum absolute atomic E-state index is 10.3. The minimum Gasteiger partial charge on any atom is -0.478 e. The molecule has 5 heteroatoms. The molecule has 0 aliphatic rings. The molecule has 0 bridgehead atoms. The molecule has 1 heterocycles. The number of carboxylic acid groups (broad SMARTS) is 1. The van der Waals surface area contributed by atoms with Crippen LogP contribution in [0.4, 0.5) is 0 Å². The van der Waals surface area contributed by atoms with Gasteiger partial charge in [0.1, 0.15) is 11.5 Å². The van der Waals surface area contributed by atoms with Crippen LogP contribution in [0.1, 0.15) is 5.76 Å². The van der Waals surface area contributed by atoms with Gasteiger partial charge in [-0.1, -0.05) is 15.9 Å². The molecule has 1 aromatic heterocycles. The molecule has 0 aliphatic carbocycles. The smallest absolute Gasteiger partial charge is 0.328 e. The summed E-state index contributed by atoms with van der Waals surface area (Å²) in [5, 5.41) is 8.48. The van der Waals surface area contributed by atoms with Crippen molar-refractivity contribution >= 4 is 28.0 Å². The van der Waals surface area contributed by atoms with Gasteiger partial charge in [0.05, 0.1) is 0 Å². The van der Waals surface area contributed by atoms with E-state index in [0.29, 0.717) is 17.5 Å². The van der Waals surface area contributed by atoms with E-state index >= 15 is 0 Å². The Labute approximate surface area is 112 Å². The van der Waals surface area contributed by atoms with E-state index in [2.05, 4.69) is 15.9 Å². The van der Waals surface area contributed by atoms with Crippen LogP contribution in [0, 0.1) is 0 Å². The standard InChI is InChI=1S/C13H9BrO4/c14-9-1-3-10(4-2-9)17-13-8-6-11(18-13)5-7-12(15)16/h1-8H,(H,15,16)/b7-5+. The third-order valence-electron chi connectivity index (χ3n) is 2.02. The number of benzene rings is 1. The van der Waals surface area contributed by atoms with Gasteiger partial charge >= 0.3 is 5.97 Å². The summed E-state index contributed by atoms with van der Waals surface area (Å²) in [4.78, 5) is 10.3. The van der Waals surface area contributed by atoms with E-state index in [1.165, 1.54) is 6.08 Å². The van der Waals surface area contributed by atoms with Gasteiger partial charge in [0.25, 0.3) is 5.95 Å². The van der Waals surface area contributed by atoms with Gasteiger partial charge in [0.15, 0.2) is 0 Å². The molecule has 1 aromatic carbocycles. The van der Waals surface area contributed by atoms with Crippen molar-refractivity contribution < 1.29 is 19.1 Å². The zero-order valence-electron chi connectivity index (χ0n) is 9.17. The number of hydrogen-bond acceptors (Lipinski definition) is 3. The summed E-state index contributed by atoms with van der Waals surface area (Å²) in [5.74, 6) is 0.343. The Bertz CT molecular complexity index is 569. The van der Waals surface area contributed by atoms with Gasteiger partial charge in [0, 0.05) is 16.6 Å². The van der Waals surface area contributed by atoms with Gasteiger partial charge in [-0.2, -0.15) is 0 Å². The Kier molecular flexibility index (Phi) is 3.84. The third-order valence-corrected chi connectivity index (χ3v) is 2.55. The molecule has 0 spiro atoms. The maximum atomic E-state index is 10.3. The lowest BCUT2D eigenvalue weighted by molar-refractivity contribution is -0.131. The second-order valence-corrected chi connectivity index (χ2v) is 4.30. The highest BCUT2D eigenvalue weighted by Gasteiger charge is 2.02. The molecule has 2 aromatic rings. The van der Waals surface area contributed by atoms with Crippen molar-refractivity contribution in [1.29, 1.82) is 0 Å². The number of carbonyl (C=O) groups is 1. The van der Waals surface area contributed by atoms with Gasteiger partial charge in [-0.15, -0.1) is 0 Å². The molecule has 0 unspecified atom stereocenters. The molecule has 2 rings (SSSR count). The zero-order chi connectivity index (χ0) is 13.0. The second-order valence-electron chi connectivity index (χ2n) is 3.38. The first-order chi connectivity index (χ1) is 8.63. The first-order valence-corrected chi connectivity index (χ1v) is 5.87. The van der Waals surface area contributed by atoms with E-state index in [9.17, 15) is 4.79 Å². The van der Waals surface area contributed by atoms with E-state index in [0.717, 1.165) is 10.5 Å². The number of hydrogen-bond donors (Lipinski definition) is 1. The van der Waals surface area contributed by atoms with Gasteiger partial charge < -0.3 is 14.3 Å². The summed E-state index contributed by atoms with van der Waals surface area (Å²) in [6.07, 6.45) is 2.36. The predicted molar refractivity (Wildman–Crippen MR) is 69.6 cm³/mol. The molecule has 0 atom stereocenters. The zero-order valence-corrected chi connectivity index (χ0v) is 10.8. The highest BCUT2D eigenvalue weighted by atomic mass is 79.9. The number of rotatable bonds is 4. The molecule has 0 fully saturated rings. The van der Waals surface area contributed by atoms with Crippen molar-refractivity contribution in [2.24, 2.45) is 0 Å². The molecule has 92 valence electrons. The minimum atomic E-state index is -1.03. The Balaban J connectivity index is 2.06. The Hall–Kier alpha value is -2.01. The van der Waals surface area contributed by atoms with Crippen LogP contribution in [0.25, 0.3) is 6.08 Å². The number of halogens is 1. The van der Waals surface area contributed by atoms with Crippen LogP contribution in [0.2, 0.25) is 0 Å². The normalized spacial score (nSPS) is 10.7.